The van der Waals surface area contributed by atoms with E-state index in [1.54, 1.807) is 0 Å². The van der Waals surface area contributed by atoms with Gasteiger partial charge in [-0.3, -0.25) is 9.69 Å². The Hall–Kier alpha value is -2.76. The molecule has 0 saturated carbocycles. The minimum Gasteiger partial charge on any atom is -0.463 e. The van der Waals surface area contributed by atoms with Crippen LogP contribution in [0.3, 0.4) is 0 Å². The number of para-hydroxylation sites is 1. The van der Waals surface area contributed by atoms with Crippen molar-refractivity contribution < 1.29 is 38.4 Å². The minimum absolute atomic E-state index is 0.00225. The van der Waals surface area contributed by atoms with Crippen LogP contribution in [0, 0.1) is 5.41 Å². The molecule has 230 valence electrons. The third-order valence-corrected chi connectivity index (χ3v) is 8.69. The first-order chi connectivity index (χ1) is 20.6. The second-order valence-electron chi connectivity index (χ2n) is 11.1. The van der Waals surface area contributed by atoms with Crippen LogP contribution >= 0.6 is 0 Å². The van der Waals surface area contributed by atoms with E-state index >= 15 is 0 Å². The molecular weight excluding hydrogens is 540 g/mol. The lowest BCUT2D eigenvalue weighted by Gasteiger charge is -2.53. The monoisotopic (exact) mass is 584 g/mol. The van der Waals surface area contributed by atoms with Crippen molar-refractivity contribution in [1.82, 2.24) is 9.47 Å². The number of rotatable bonds is 17. The van der Waals surface area contributed by atoms with Crippen LogP contribution in [0.15, 0.2) is 30.3 Å². The summed E-state index contributed by atoms with van der Waals surface area (Å²) in [5, 5.41) is 9.86. The van der Waals surface area contributed by atoms with Crippen LogP contribution in [-0.4, -0.2) is 99.1 Å². The Morgan fingerprint density at radius 2 is 1.69 bits per heavy atom. The van der Waals surface area contributed by atoms with Crippen molar-refractivity contribution in [2.75, 3.05) is 72.6 Å². The van der Waals surface area contributed by atoms with E-state index in [1.807, 2.05) is 6.07 Å². The highest BCUT2D eigenvalue weighted by Gasteiger charge is 2.51. The molecule has 0 aliphatic carbocycles. The minimum atomic E-state index is -0.343. The van der Waals surface area contributed by atoms with Crippen LogP contribution < -0.4 is 0 Å². The van der Waals surface area contributed by atoms with E-state index in [0.29, 0.717) is 45.2 Å². The molecule has 1 aromatic heterocycles. The van der Waals surface area contributed by atoms with Gasteiger partial charge in [0.05, 0.1) is 64.4 Å². The molecule has 3 aliphatic rings. The zero-order valence-electron chi connectivity index (χ0n) is 24.7. The Bertz CT molecular complexity index is 1260. The molecule has 0 amide bonds. The van der Waals surface area contributed by atoms with Crippen LogP contribution in [0.5, 0.6) is 0 Å². The first-order valence-corrected chi connectivity index (χ1v) is 15.4. The summed E-state index contributed by atoms with van der Waals surface area (Å²) in [6, 6.07) is 8.67. The normalized spacial score (nSPS) is 21.2. The molecular formula is C32H44N2O8. The first-order valence-electron chi connectivity index (χ1n) is 15.4. The number of fused-ring (bicyclic) bond motifs is 3. The highest BCUT2D eigenvalue weighted by Crippen LogP contribution is 2.57. The number of hydrogen-bond donors (Lipinski definition) is 1. The Kier molecular flexibility index (Phi) is 10.7. The van der Waals surface area contributed by atoms with Crippen molar-refractivity contribution in [2.45, 2.75) is 51.5 Å². The molecule has 3 aliphatic heterocycles. The van der Waals surface area contributed by atoms with Gasteiger partial charge in [-0.15, -0.1) is 0 Å². The van der Waals surface area contributed by atoms with Crippen molar-refractivity contribution in [3.8, 4) is 0 Å². The summed E-state index contributed by atoms with van der Waals surface area (Å²) in [6.45, 7) is 6.95. The molecule has 4 heterocycles. The van der Waals surface area contributed by atoms with Gasteiger partial charge in [0.1, 0.15) is 12.3 Å². The summed E-state index contributed by atoms with van der Waals surface area (Å²) >= 11 is 0. The molecule has 0 unspecified atom stereocenters. The van der Waals surface area contributed by atoms with E-state index in [-0.39, 0.29) is 56.2 Å². The number of aliphatic hydroxyl groups excluding tert-OH is 1. The molecule has 1 aromatic carbocycles. The van der Waals surface area contributed by atoms with Crippen molar-refractivity contribution >= 4 is 28.5 Å². The molecule has 1 saturated heterocycles. The van der Waals surface area contributed by atoms with Crippen molar-refractivity contribution in [2.24, 2.45) is 5.41 Å². The SMILES string of the molecule is CC[C@@]12C=C(C(=O)OCCCC(=O)OCCOCCOCCOCCO)n3c4c(c5ccccc53)CCN(CCC1)[C@H]42. The maximum atomic E-state index is 13.6. The van der Waals surface area contributed by atoms with Gasteiger partial charge in [-0.1, -0.05) is 25.1 Å². The highest BCUT2D eigenvalue weighted by atomic mass is 16.6. The summed E-state index contributed by atoms with van der Waals surface area (Å²) < 4.78 is 29.0. The Morgan fingerprint density at radius 1 is 0.952 bits per heavy atom. The van der Waals surface area contributed by atoms with Gasteiger partial charge in [0.25, 0.3) is 0 Å². The second-order valence-corrected chi connectivity index (χ2v) is 11.1. The average Bonchev–Trinajstić information content (AvgIpc) is 3.36. The zero-order chi connectivity index (χ0) is 29.4. The van der Waals surface area contributed by atoms with Crippen LogP contribution in [0.25, 0.3) is 16.6 Å². The predicted molar refractivity (Wildman–Crippen MR) is 157 cm³/mol. The van der Waals surface area contributed by atoms with E-state index in [1.165, 1.54) is 16.6 Å². The Labute approximate surface area is 247 Å². The van der Waals surface area contributed by atoms with Gasteiger partial charge in [0.2, 0.25) is 0 Å². The van der Waals surface area contributed by atoms with Gasteiger partial charge in [0.15, 0.2) is 0 Å². The van der Waals surface area contributed by atoms with Crippen molar-refractivity contribution in [3.05, 3.63) is 41.6 Å². The van der Waals surface area contributed by atoms with E-state index in [9.17, 15) is 9.59 Å². The number of aliphatic hydroxyl groups is 1. The predicted octanol–water partition coefficient (Wildman–Crippen LogP) is 3.49. The van der Waals surface area contributed by atoms with E-state index in [2.05, 4.69) is 40.7 Å². The van der Waals surface area contributed by atoms with E-state index < -0.39 is 0 Å². The molecule has 0 spiro atoms. The molecule has 10 nitrogen and oxygen atoms in total. The van der Waals surface area contributed by atoms with Crippen molar-refractivity contribution in [3.63, 3.8) is 0 Å². The highest BCUT2D eigenvalue weighted by molar-refractivity contribution is 6.13. The molecule has 0 radical (unpaired) electrons. The Morgan fingerprint density at radius 3 is 2.45 bits per heavy atom. The van der Waals surface area contributed by atoms with Gasteiger partial charge < -0.3 is 33.4 Å². The number of ether oxygens (including phenoxy) is 5. The number of piperidine rings is 1. The summed E-state index contributed by atoms with van der Waals surface area (Å²) in [7, 11) is 0. The summed E-state index contributed by atoms with van der Waals surface area (Å²) in [5.74, 6) is -0.680. The van der Waals surface area contributed by atoms with Crippen LogP contribution in [0.2, 0.25) is 0 Å². The second kappa shape index (κ2) is 14.6. The lowest BCUT2D eigenvalue weighted by Crippen LogP contribution is -2.51. The molecule has 0 bridgehead atoms. The number of hydrogen-bond acceptors (Lipinski definition) is 9. The summed E-state index contributed by atoms with van der Waals surface area (Å²) in [5.41, 5.74) is 4.22. The molecule has 42 heavy (non-hydrogen) atoms. The molecule has 2 aromatic rings. The van der Waals surface area contributed by atoms with Crippen LogP contribution in [0.1, 0.15) is 56.3 Å². The van der Waals surface area contributed by atoms with E-state index in [4.69, 9.17) is 28.8 Å². The number of aromatic nitrogens is 1. The molecule has 5 rings (SSSR count). The largest absolute Gasteiger partial charge is 0.463 e. The van der Waals surface area contributed by atoms with Crippen molar-refractivity contribution in [1.29, 1.82) is 0 Å². The maximum Gasteiger partial charge on any atom is 0.355 e. The first kappa shape index (κ1) is 30.7. The molecule has 2 atom stereocenters. The quantitative estimate of drug-likeness (QED) is 0.221. The molecule has 1 fully saturated rings. The maximum absolute atomic E-state index is 13.6. The lowest BCUT2D eigenvalue weighted by atomic mass is 9.66. The fraction of sp³-hybridized carbons (Fsp3) is 0.625. The van der Waals surface area contributed by atoms with Gasteiger partial charge in [-0.25, -0.2) is 4.79 Å². The molecule has 10 heteroatoms. The number of benzene rings is 1. The third-order valence-electron chi connectivity index (χ3n) is 8.69. The fourth-order valence-electron chi connectivity index (χ4n) is 6.78. The van der Waals surface area contributed by atoms with Gasteiger partial charge >= 0.3 is 11.9 Å². The lowest BCUT2D eigenvalue weighted by molar-refractivity contribution is -0.147. The third kappa shape index (κ3) is 6.58. The fourth-order valence-corrected chi connectivity index (χ4v) is 6.78. The number of esters is 2. The smallest absolute Gasteiger partial charge is 0.355 e. The summed E-state index contributed by atoms with van der Waals surface area (Å²) in [6.07, 6.45) is 6.91. The van der Waals surface area contributed by atoms with Gasteiger partial charge in [0, 0.05) is 29.5 Å². The van der Waals surface area contributed by atoms with Gasteiger partial charge in [-0.2, -0.15) is 0 Å². The van der Waals surface area contributed by atoms with Gasteiger partial charge in [-0.05, 0) is 56.4 Å². The number of carbonyl (C=O) groups is 2. The zero-order valence-corrected chi connectivity index (χ0v) is 24.7. The number of carbonyl (C=O) groups excluding carboxylic acids is 2. The number of nitrogens with zero attached hydrogens (tertiary/aromatic N) is 2. The average molecular weight is 585 g/mol. The van der Waals surface area contributed by atoms with Crippen LogP contribution in [-0.2, 0) is 39.7 Å². The van der Waals surface area contributed by atoms with Crippen LogP contribution in [0.4, 0.5) is 0 Å². The standard InChI is InChI=1S/C32H44N2O8/c1-2-32-11-6-12-33-13-10-25-24-7-3-4-8-26(24)34(29(25)30(32)33)27(23-32)31(37)42-15-5-9-28(36)41-22-21-40-20-19-39-18-17-38-16-14-35/h3-4,7-8,23,30,35H,2,5-6,9-22H2,1H3/t30-,32+/m1/s1. The topological polar surface area (TPSA) is 109 Å². The molecule has 1 N–H and O–H groups in total. The Balaban J connectivity index is 1.10. The van der Waals surface area contributed by atoms with E-state index in [0.717, 1.165) is 44.3 Å². The summed E-state index contributed by atoms with van der Waals surface area (Å²) in [4.78, 5) is 28.4.